The number of unbranched alkanes of at least 4 members (excludes halogenated alkanes) is 2. The topological polar surface area (TPSA) is 91.7 Å². The molecule has 4 rings (SSSR count). The van der Waals surface area contributed by atoms with Gasteiger partial charge < -0.3 is 10.2 Å². The maximum Gasteiger partial charge on any atom is 0.303 e. The molecule has 0 aromatic rings. The molecular weight excluding hydrogens is 392 g/mol. The lowest BCUT2D eigenvalue weighted by molar-refractivity contribution is -0.158. The van der Waals surface area contributed by atoms with Crippen molar-refractivity contribution in [3.63, 3.8) is 0 Å². The summed E-state index contributed by atoms with van der Waals surface area (Å²) in [5.41, 5.74) is -0.153. The van der Waals surface area contributed by atoms with Crippen molar-refractivity contribution in [2.75, 3.05) is 0 Å². The average molecular weight is 431 g/mol. The number of fused-ring (bicyclic) bond motifs is 5. The van der Waals surface area contributed by atoms with Crippen LogP contribution >= 0.6 is 0 Å². The van der Waals surface area contributed by atoms with Crippen LogP contribution in [0.2, 0.25) is 0 Å². The van der Waals surface area contributed by atoms with Crippen molar-refractivity contribution < 1.29 is 24.6 Å². The molecule has 1 unspecified atom stereocenters. The average Bonchev–Trinajstić information content (AvgIpc) is 2.99. The first-order valence-corrected chi connectivity index (χ1v) is 12.4. The van der Waals surface area contributed by atoms with Gasteiger partial charge in [0.2, 0.25) is 0 Å². The highest BCUT2D eigenvalue weighted by molar-refractivity contribution is 5.91. The minimum absolute atomic E-state index is 0.0742. The second kappa shape index (κ2) is 8.46. The maximum atomic E-state index is 12.4. The predicted molar refractivity (Wildman–Crippen MR) is 117 cm³/mol. The van der Waals surface area contributed by atoms with E-state index in [1.54, 1.807) is 6.92 Å². The van der Waals surface area contributed by atoms with E-state index in [1.807, 2.05) is 6.08 Å². The minimum Gasteiger partial charge on any atom is -0.481 e. The molecule has 2 N–H and O–H groups in total. The number of rotatable bonds is 7. The fraction of sp³-hybridized carbons (Fsp3) is 0.808. The van der Waals surface area contributed by atoms with Crippen molar-refractivity contribution >= 4 is 17.5 Å². The van der Waals surface area contributed by atoms with Crippen LogP contribution in [0.3, 0.4) is 0 Å². The number of hydrogen-bond acceptors (Lipinski definition) is 4. The molecular formula is C26H38O5. The van der Waals surface area contributed by atoms with Crippen LogP contribution < -0.4 is 0 Å². The van der Waals surface area contributed by atoms with Gasteiger partial charge in [0.1, 0.15) is 5.60 Å². The fourth-order valence-electron chi connectivity index (χ4n) is 8.16. The zero-order chi connectivity index (χ0) is 22.4. The largest absolute Gasteiger partial charge is 0.481 e. The zero-order valence-corrected chi connectivity index (χ0v) is 19.1. The van der Waals surface area contributed by atoms with Gasteiger partial charge in [-0.1, -0.05) is 25.3 Å². The Morgan fingerprint density at radius 2 is 1.87 bits per heavy atom. The number of Topliss-reactive ketones (excluding diaryl/α,β-unsaturated/α-hetero) is 1. The highest BCUT2D eigenvalue weighted by Gasteiger charge is 2.64. The molecule has 5 heteroatoms. The summed E-state index contributed by atoms with van der Waals surface area (Å²) in [4.78, 5) is 35.6. The Labute approximate surface area is 185 Å². The van der Waals surface area contributed by atoms with E-state index in [-0.39, 0.29) is 23.4 Å². The smallest absolute Gasteiger partial charge is 0.303 e. The number of aliphatic hydroxyl groups is 1. The standard InChI is InChI=1S/C26H38O5/c1-16(27)26(31)13-11-22-20-9-8-18-15-19(28)14-17(6-4-3-5-7-23(29)30)24(18)21(20)10-12-25(22,26)2/h15,17,20-22,24,31H,3-14H2,1-2H3,(H,29,30)/t17?,20-,21+,22+,24+,25+,26+/m1/s1. The van der Waals surface area contributed by atoms with E-state index < -0.39 is 11.6 Å². The number of carboxylic acid groups (broad SMARTS) is 1. The normalized spacial score (nSPS) is 41.7. The fourth-order valence-corrected chi connectivity index (χ4v) is 8.16. The number of allylic oxidation sites excluding steroid dienone is 1. The maximum absolute atomic E-state index is 12.4. The molecule has 0 saturated heterocycles. The Balaban J connectivity index is 1.50. The molecule has 0 bridgehead atoms. The summed E-state index contributed by atoms with van der Waals surface area (Å²) in [6.07, 6.45) is 11.8. The van der Waals surface area contributed by atoms with E-state index in [2.05, 4.69) is 6.92 Å². The van der Waals surface area contributed by atoms with Crippen molar-refractivity contribution in [2.45, 2.75) is 96.5 Å². The summed E-state index contributed by atoms with van der Waals surface area (Å²) in [5.74, 6) is 1.72. The van der Waals surface area contributed by atoms with Gasteiger partial charge in [0.15, 0.2) is 11.6 Å². The van der Waals surface area contributed by atoms with Crippen LogP contribution in [-0.4, -0.2) is 33.3 Å². The molecule has 0 aromatic carbocycles. The number of carbonyl (C=O) groups excluding carboxylic acids is 2. The Bertz CT molecular complexity index is 785. The van der Waals surface area contributed by atoms with Gasteiger partial charge in [0, 0.05) is 18.3 Å². The lowest BCUT2D eigenvalue weighted by atomic mass is 9.49. The van der Waals surface area contributed by atoms with Crippen LogP contribution in [0.1, 0.15) is 90.9 Å². The second-order valence-electron chi connectivity index (χ2n) is 11.1. The highest BCUT2D eigenvalue weighted by atomic mass is 16.4. The molecule has 0 aromatic heterocycles. The van der Waals surface area contributed by atoms with Crippen molar-refractivity contribution in [1.29, 1.82) is 0 Å². The van der Waals surface area contributed by atoms with Gasteiger partial charge >= 0.3 is 5.97 Å². The van der Waals surface area contributed by atoms with E-state index in [9.17, 15) is 19.5 Å². The molecule has 3 saturated carbocycles. The molecule has 0 aliphatic heterocycles. The van der Waals surface area contributed by atoms with E-state index in [0.29, 0.717) is 48.9 Å². The first-order chi connectivity index (χ1) is 14.7. The van der Waals surface area contributed by atoms with Crippen LogP contribution in [0.5, 0.6) is 0 Å². The third-order valence-corrected chi connectivity index (χ3v) is 9.67. The van der Waals surface area contributed by atoms with Crippen molar-refractivity contribution in [3.8, 4) is 0 Å². The summed E-state index contributed by atoms with van der Waals surface area (Å²) in [6, 6.07) is 0. The lowest BCUT2D eigenvalue weighted by Gasteiger charge is -2.56. The molecule has 4 aliphatic carbocycles. The Kier molecular flexibility index (Phi) is 6.19. The van der Waals surface area contributed by atoms with Crippen LogP contribution in [0.4, 0.5) is 0 Å². The van der Waals surface area contributed by atoms with Gasteiger partial charge in [-0.25, -0.2) is 0 Å². The van der Waals surface area contributed by atoms with E-state index in [4.69, 9.17) is 5.11 Å². The SMILES string of the molecule is CC(=O)[C@@]1(O)CC[C@H]2[C@@H]3CCC4=CC(=O)CC(CCCCCC(=O)O)[C@@H]4[C@H]3CC[C@@]21C. The first-order valence-electron chi connectivity index (χ1n) is 12.4. The van der Waals surface area contributed by atoms with Crippen molar-refractivity contribution in [3.05, 3.63) is 11.6 Å². The molecule has 5 nitrogen and oxygen atoms in total. The van der Waals surface area contributed by atoms with E-state index in [1.165, 1.54) is 5.57 Å². The van der Waals surface area contributed by atoms with E-state index in [0.717, 1.165) is 51.4 Å². The summed E-state index contributed by atoms with van der Waals surface area (Å²) in [6.45, 7) is 3.70. The molecule has 172 valence electrons. The van der Waals surface area contributed by atoms with Crippen LogP contribution in [0, 0.1) is 35.0 Å². The molecule has 31 heavy (non-hydrogen) atoms. The summed E-state index contributed by atoms with van der Waals surface area (Å²) in [5, 5.41) is 20.1. The van der Waals surface area contributed by atoms with Crippen LogP contribution in [0.25, 0.3) is 0 Å². The summed E-state index contributed by atoms with van der Waals surface area (Å²) >= 11 is 0. The van der Waals surface area contributed by atoms with Crippen LogP contribution in [-0.2, 0) is 14.4 Å². The number of ketones is 2. The molecule has 3 fully saturated rings. The Morgan fingerprint density at radius 1 is 1.10 bits per heavy atom. The third-order valence-electron chi connectivity index (χ3n) is 9.67. The monoisotopic (exact) mass is 430 g/mol. The number of carbonyl (C=O) groups is 3. The van der Waals surface area contributed by atoms with Crippen LogP contribution in [0.15, 0.2) is 11.6 Å². The van der Waals surface area contributed by atoms with E-state index >= 15 is 0 Å². The van der Waals surface area contributed by atoms with Gasteiger partial charge in [-0.05, 0) is 94.0 Å². The quantitative estimate of drug-likeness (QED) is 0.571. The molecule has 7 atom stereocenters. The highest BCUT2D eigenvalue weighted by Crippen LogP contribution is 2.65. The molecule has 0 spiro atoms. The zero-order valence-electron chi connectivity index (χ0n) is 19.1. The lowest BCUT2D eigenvalue weighted by Crippen LogP contribution is -2.56. The van der Waals surface area contributed by atoms with Crippen molar-refractivity contribution in [1.82, 2.24) is 0 Å². The number of hydrogen-bond donors (Lipinski definition) is 2. The molecule has 0 heterocycles. The summed E-state index contributed by atoms with van der Waals surface area (Å²) in [7, 11) is 0. The van der Waals surface area contributed by atoms with Gasteiger partial charge in [0.05, 0.1) is 0 Å². The number of carboxylic acids is 1. The third kappa shape index (κ3) is 3.81. The van der Waals surface area contributed by atoms with Gasteiger partial charge in [0.25, 0.3) is 0 Å². The van der Waals surface area contributed by atoms with Gasteiger partial charge in [-0.3, -0.25) is 14.4 Å². The second-order valence-corrected chi connectivity index (χ2v) is 11.1. The molecule has 4 aliphatic rings. The predicted octanol–water partition coefficient (Wildman–Crippen LogP) is 4.71. The van der Waals surface area contributed by atoms with Gasteiger partial charge in [-0.2, -0.15) is 0 Å². The first kappa shape index (κ1) is 22.7. The number of aliphatic carboxylic acids is 1. The summed E-state index contributed by atoms with van der Waals surface area (Å²) < 4.78 is 0. The van der Waals surface area contributed by atoms with Crippen molar-refractivity contribution in [2.24, 2.45) is 35.0 Å². The Hall–Kier alpha value is -1.49. The van der Waals surface area contributed by atoms with Gasteiger partial charge in [-0.15, -0.1) is 0 Å². The molecule has 0 amide bonds. The Morgan fingerprint density at radius 3 is 2.58 bits per heavy atom. The molecule has 0 radical (unpaired) electrons. The minimum atomic E-state index is -1.18.